The first-order valence-corrected chi connectivity index (χ1v) is 9.73. The second kappa shape index (κ2) is 6.78. The number of benzene rings is 1. The molecule has 4 rings (SSSR count). The van der Waals surface area contributed by atoms with Gasteiger partial charge in [-0.2, -0.15) is 4.37 Å². The predicted molar refractivity (Wildman–Crippen MR) is 99.1 cm³/mol. The van der Waals surface area contributed by atoms with E-state index in [1.165, 1.54) is 48.1 Å². The Hall–Kier alpha value is -1.13. The zero-order valence-corrected chi connectivity index (χ0v) is 14.6. The van der Waals surface area contributed by atoms with E-state index in [2.05, 4.69) is 41.0 Å². The summed E-state index contributed by atoms with van der Waals surface area (Å²) in [5, 5.41) is 1.32. The van der Waals surface area contributed by atoms with E-state index in [1.807, 2.05) is 0 Å². The molecule has 0 N–H and O–H groups in total. The van der Waals surface area contributed by atoms with E-state index in [1.54, 1.807) is 11.5 Å². The Morgan fingerprint density at radius 2 is 1.87 bits per heavy atom. The molecule has 0 spiro atoms. The average molecular weight is 329 g/mol. The molecule has 123 valence electrons. The summed E-state index contributed by atoms with van der Waals surface area (Å²) < 4.78 is 6.01. The predicted octanol–water partition coefficient (Wildman–Crippen LogP) is 4.06. The van der Waals surface area contributed by atoms with Gasteiger partial charge in [0.1, 0.15) is 5.82 Å². The summed E-state index contributed by atoms with van der Waals surface area (Å²) in [6, 6.07) is 8.59. The van der Waals surface area contributed by atoms with Gasteiger partial charge >= 0.3 is 0 Å². The van der Waals surface area contributed by atoms with Crippen LogP contribution in [0.5, 0.6) is 0 Å². The molecule has 1 aromatic heterocycles. The van der Waals surface area contributed by atoms with Crippen molar-refractivity contribution in [3.8, 4) is 0 Å². The summed E-state index contributed by atoms with van der Waals surface area (Å²) in [7, 11) is 0. The molecule has 0 amide bonds. The van der Waals surface area contributed by atoms with E-state index in [9.17, 15) is 0 Å². The topological polar surface area (TPSA) is 19.4 Å². The minimum Gasteiger partial charge on any atom is -0.353 e. The van der Waals surface area contributed by atoms with Gasteiger partial charge in [0, 0.05) is 38.1 Å². The number of nitrogens with zero attached hydrogens (tertiary/aromatic N) is 3. The Bertz CT molecular complexity index is 645. The monoisotopic (exact) mass is 328 g/mol. The van der Waals surface area contributed by atoms with Crippen LogP contribution in [0.1, 0.15) is 25.7 Å². The van der Waals surface area contributed by atoms with Crippen LogP contribution in [0.25, 0.3) is 10.1 Å². The molecule has 2 fully saturated rings. The maximum absolute atomic E-state index is 4.71. The second-order valence-corrected chi connectivity index (χ2v) is 7.90. The molecular formula is C19H26N3S. The van der Waals surface area contributed by atoms with Gasteiger partial charge in [-0.3, -0.25) is 4.90 Å². The highest BCUT2D eigenvalue weighted by atomic mass is 32.1. The fourth-order valence-corrected chi connectivity index (χ4v) is 4.90. The SMILES string of the molecule is [CH2]C1CCCCC1CN1CCN(c2nsc3ccccc23)CC1. The molecule has 1 aromatic carbocycles. The zero-order chi connectivity index (χ0) is 15.6. The van der Waals surface area contributed by atoms with Gasteiger partial charge < -0.3 is 4.90 Å². The summed E-state index contributed by atoms with van der Waals surface area (Å²) in [6.07, 6.45) is 5.50. The van der Waals surface area contributed by atoms with Crippen LogP contribution in [-0.4, -0.2) is 42.0 Å². The van der Waals surface area contributed by atoms with Gasteiger partial charge in [-0.15, -0.1) is 0 Å². The van der Waals surface area contributed by atoms with Crippen molar-refractivity contribution in [3.63, 3.8) is 0 Å². The first-order valence-electron chi connectivity index (χ1n) is 8.96. The van der Waals surface area contributed by atoms with Crippen LogP contribution < -0.4 is 4.90 Å². The Morgan fingerprint density at radius 3 is 2.70 bits per heavy atom. The van der Waals surface area contributed by atoms with Gasteiger partial charge in [0.25, 0.3) is 0 Å². The lowest BCUT2D eigenvalue weighted by molar-refractivity contribution is 0.164. The van der Waals surface area contributed by atoms with Crippen molar-refractivity contribution in [3.05, 3.63) is 31.2 Å². The molecule has 4 heteroatoms. The second-order valence-electron chi connectivity index (χ2n) is 7.09. The number of aromatic nitrogens is 1. The zero-order valence-electron chi connectivity index (χ0n) is 13.8. The van der Waals surface area contributed by atoms with E-state index in [4.69, 9.17) is 4.37 Å². The van der Waals surface area contributed by atoms with Crippen LogP contribution >= 0.6 is 11.5 Å². The molecule has 1 saturated heterocycles. The molecule has 2 unspecified atom stereocenters. The van der Waals surface area contributed by atoms with Crippen molar-refractivity contribution in [2.24, 2.45) is 11.8 Å². The number of rotatable bonds is 3. The summed E-state index contributed by atoms with van der Waals surface area (Å²) >= 11 is 1.62. The third kappa shape index (κ3) is 3.24. The van der Waals surface area contributed by atoms with Gasteiger partial charge in [0.15, 0.2) is 0 Å². The Kier molecular flexibility index (Phi) is 4.54. The highest BCUT2D eigenvalue weighted by molar-refractivity contribution is 7.13. The molecule has 2 aromatic rings. The van der Waals surface area contributed by atoms with E-state index in [-0.39, 0.29) is 0 Å². The fraction of sp³-hybridized carbons (Fsp3) is 0.579. The van der Waals surface area contributed by atoms with Crippen molar-refractivity contribution in [1.82, 2.24) is 9.27 Å². The molecule has 0 bridgehead atoms. The third-order valence-electron chi connectivity index (χ3n) is 5.59. The molecule has 1 saturated carbocycles. The Morgan fingerprint density at radius 1 is 1.09 bits per heavy atom. The van der Waals surface area contributed by atoms with Crippen molar-refractivity contribution >= 4 is 27.4 Å². The Labute approximate surface area is 143 Å². The van der Waals surface area contributed by atoms with Crippen molar-refractivity contribution < 1.29 is 0 Å². The largest absolute Gasteiger partial charge is 0.353 e. The number of fused-ring (bicyclic) bond motifs is 1. The first kappa shape index (κ1) is 15.4. The van der Waals surface area contributed by atoms with Gasteiger partial charge in [-0.25, -0.2) is 0 Å². The van der Waals surface area contributed by atoms with Gasteiger partial charge in [0.05, 0.1) is 4.70 Å². The number of anilines is 1. The van der Waals surface area contributed by atoms with E-state index < -0.39 is 0 Å². The summed E-state index contributed by atoms with van der Waals surface area (Å²) in [5.74, 6) is 2.68. The average Bonchev–Trinajstić information content (AvgIpc) is 3.02. The molecule has 23 heavy (non-hydrogen) atoms. The lowest BCUT2D eigenvalue weighted by atomic mass is 9.80. The summed E-state index contributed by atoms with van der Waals surface area (Å²) in [5.41, 5.74) is 0. The molecule has 3 nitrogen and oxygen atoms in total. The number of hydrogen-bond donors (Lipinski definition) is 0. The van der Waals surface area contributed by atoms with Crippen LogP contribution in [0.2, 0.25) is 0 Å². The number of hydrogen-bond acceptors (Lipinski definition) is 4. The van der Waals surface area contributed by atoms with Crippen LogP contribution in [0.4, 0.5) is 5.82 Å². The van der Waals surface area contributed by atoms with Crippen LogP contribution in [0, 0.1) is 18.8 Å². The summed E-state index contributed by atoms with van der Waals surface area (Å²) in [6.45, 7) is 10.2. The van der Waals surface area contributed by atoms with Crippen LogP contribution in [0.3, 0.4) is 0 Å². The molecular weight excluding hydrogens is 302 g/mol. The van der Waals surface area contributed by atoms with Crippen molar-refractivity contribution in [2.75, 3.05) is 37.6 Å². The van der Waals surface area contributed by atoms with Crippen LogP contribution in [-0.2, 0) is 0 Å². The maximum Gasteiger partial charge on any atom is 0.150 e. The smallest absolute Gasteiger partial charge is 0.150 e. The molecule has 2 atom stereocenters. The van der Waals surface area contributed by atoms with Gasteiger partial charge in [-0.05, 0) is 48.8 Å². The maximum atomic E-state index is 4.71. The standard InChI is InChI=1S/C19H26N3S/c1-15-6-2-3-7-16(15)14-21-10-12-22(13-11-21)19-17-8-4-5-9-18(17)23-20-19/h4-5,8-9,15-16H,1-3,6-7,10-14H2. The van der Waals surface area contributed by atoms with E-state index in [0.717, 1.165) is 32.1 Å². The van der Waals surface area contributed by atoms with E-state index in [0.29, 0.717) is 5.92 Å². The fourth-order valence-electron chi connectivity index (χ4n) is 4.10. The number of piperazine rings is 1. The lowest BCUT2D eigenvalue weighted by Crippen LogP contribution is -2.48. The Balaban J connectivity index is 1.37. The minimum absolute atomic E-state index is 0.671. The highest BCUT2D eigenvalue weighted by Crippen LogP contribution is 2.32. The minimum atomic E-state index is 0.671. The van der Waals surface area contributed by atoms with Crippen LogP contribution in [0.15, 0.2) is 24.3 Å². The van der Waals surface area contributed by atoms with Gasteiger partial charge in [-0.1, -0.05) is 31.4 Å². The third-order valence-corrected chi connectivity index (χ3v) is 6.41. The van der Waals surface area contributed by atoms with E-state index >= 15 is 0 Å². The lowest BCUT2D eigenvalue weighted by Gasteiger charge is -2.39. The summed E-state index contributed by atoms with van der Waals surface area (Å²) in [4.78, 5) is 5.12. The molecule has 1 radical (unpaired) electrons. The highest BCUT2D eigenvalue weighted by Gasteiger charge is 2.26. The first-order chi connectivity index (χ1) is 11.3. The molecule has 2 heterocycles. The molecule has 1 aliphatic carbocycles. The van der Waals surface area contributed by atoms with Crippen molar-refractivity contribution in [1.29, 1.82) is 0 Å². The van der Waals surface area contributed by atoms with Gasteiger partial charge in [0.2, 0.25) is 0 Å². The molecule has 2 aliphatic rings. The van der Waals surface area contributed by atoms with Crippen molar-refractivity contribution in [2.45, 2.75) is 25.7 Å². The molecule has 1 aliphatic heterocycles. The normalized spacial score (nSPS) is 26.7. The quantitative estimate of drug-likeness (QED) is 0.847.